The largest absolute Gasteiger partial charge is 0.325 e. The van der Waals surface area contributed by atoms with Crippen molar-refractivity contribution < 1.29 is 9.59 Å². The number of anilines is 2. The van der Waals surface area contributed by atoms with Gasteiger partial charge in [-0.25, -0.2) is 0 Å². The van der Waals surface area contributed by atoms with Gasteiger partial charge in [-0.1, -0.05) is 47.2 Å². The molecular weight excluding hydrogens is 442 g/mol. The lowest BCUT2D eigenvalue weighted by molar-refractivity contribution is -0.118. The molecule has 5 rings (SSSR count). The lowest BCUT2D eigenvalue weighted by Gasteiger charge is -2.16. The first kappa shape index (κ1) is 20.7. The zero-order valence-corrected chi connectivity index (χ0v) is 18.5. The number of fused-ring (bicyclic) bond motifs is 2. The molecule has 33 heavy (non-hydrogen) atoms. The Labute approximate surface area is 190 Å². The Bertz CT molecular complexity index is 1620. The highest BCUT2D eigenvalue weighted by molar-refractivity contribution is 7.15. The van der Waals surface area contributed by atoms with E-state index in [1.807, 2.05) is 19.1 Å². The maximum absolute atomic E-state index is 13.4. The first-order valence-corrected chi connectivity index (χ1v) is 10.9. The van der Waals surface area contributed by atoms with Crippen molar-refractivity contribution in [1.29, 1.82) is 0 Å². The summed E-state index contributed by atoms with van der Waals surface area (Å²) in [5, 5.41) is 6.79. The van der Waals surface area contributed by atoms with E-state index in [-0.39, 0.29) is 33.2 Å². The molecule has 1 aliphatic heterocycles. The monoisotopic (exact) mass is 459 g/mol. The maximum atomic E-state index is 13.4. The first-order valence-electron chi connectivity index (χ1n) is 10.1. The minimum atomic E-state index is -0.533. The zero-order valence-electron chi connectivity index (χ0n) is 17.7. The number of benzene rings is 2. The van der Waals surface area contributed by atoms with Gasteiger partial charge in [-0.05, 0) is 32.0 Å². The third-order valence-corrected chi connectivity index (χ3v) is 6.33. The average molecular weight is 459 g/mol. The number of amides is 2. The lowest BCUT2D eigenvalue weighted by Crippen LogP contribution is -2.37. The molecule has 9 nitrogen and oxygen atoms in total. The van der Waals surface area contributed by atoms with Gasteiger partial charge in [0.05, 0.1) is 11.3 Å². The van der Waals surface area contributed by atoms with Crippen molar-refractivity contribution in [3.8, 4) is 0 Å². The summed E-state index contributed by atoms with van der Waals surface area (Å²) >= 11 is 0.928. The van der Waals surface area contributed by atoms with E-state index in [4.69, 9.17) is 0 Å². The second kappa shape index (κ2) is 7.75. The summed E-state index contributed by atoms with van der Waals surface area (Å²) in [6.07, 6.45) is 0. The topological polar surface area (TPSA) is 114 Å². The molecule has 10 heteroatoms. The minimum absolute atomic E-state index is 0.0894. The average Bonchev–Trinajstić information content (AvgIpc) is 3.24. The molecule has 2 aromatic heterocycles. The van der Waals surface area contributed by atoms with E-state index >= 15 is 0 Å². The van der Waals surface area contributed by atoms with Crippen LogP contribution in [-0.2, 0) is 9.59 Å². The number of rotatable bonds is 3. The molecule has 1 aliphatic rings. The number of carbonyl (C=O) groups is 2. The second-order valence-corrected chi connectivity index (χ2v) is 8.61. The Morgan fingerprint density at radius 1 is 1.03 bits per heavy atom. The molecule has 0 unspecified atom stereocenters. The lowest BCUT2D eigenvalue weighted by atomic mass is 10.1. The van der Waals surface area contributed by atoms with Gasteiger partial charge in [0.1, 0.15) is 16.8 Å². The van der Waals surface area contributed by atoms with Gasteiger partial charge in [0.2, 0.25) is 10.9 Å². The Kier molecular flexibility index (Phi) is 4.86. The number of hydrogen-bond donors (Lipinski definition) is 1. The number of nitrogens with one attached hydrogen (secondary N) is 1. The van der Waals surface area contributed by atoms with Crippen molar-refractivity contribution in [2.45, 2.75) is 13.8 Å². The third-order valence-electron chi connectivity index (χ3n) is 5.31. The van der Waals surface area contributed by atoms with Crippen LogP contribution in [0.25, 0.3) is 10.5 Å². The molecule has 0 saturated heterocycles. The van der Waals surface area contributed by atoms with E-state index in [0.29, 0.717) is 16.9 Å². The molecule has 0 radical (unpaired) electrons. The molecular formula is C23H17N5O4S. The second-order valence-electron chi connectivity index (χ2n) is 7.63. The van der Waals surface area contributed by atoms with Gasteiger partial charge in [-0.2, -0.15) is 14.6 Å². The number of carbonyl (C=O) groups excluding carboxylic acids is 2. The van der Waals surface area contributed by atoms with Crippen molar-refractivity contribution in [2.75, 3.05) is 16.8 Å². The van der Waals surface area contributed by atoms with E-state index in [0.717, 1.165) is 21.4 Å². The third kappa shape index (κ3) is 3.50. The molecule has 2 aromatic carbocycles. The van der Waals surface area contributed by atoms with Crippen LogP contribution in [0.1, 0.15) is 16.8 Å². The van der Waals surface area contributed by atoms with Gasteiger partial charge in [-0.3, -0.25) is 24.1 Å². The number of aryl methyl sites for hydroxylation is 2. The van der Waals surface area contributed by atoms with Gasteiger partial charge < -0.3 is 5.32 Å². The normalized spacial score (nSPS) is 14.6. The summed E-state index contributed by atoms with van der Waals surface area (Å²) in [5.74, 6) is -0.843. The van der Waals surface area contributed by atoms with E-state index in [2.05, 4.69) is 15.4 Å². The highest BCUT2D eigenvalue weighted by Crippen LogP contribution is 2.35. The molecule has 0 bridgehead atoms. The van der Waals surface area contributed by atoms with Crippen LogP contribution >= 0.6 is 11.3 Å². The Morgan fingerprint density at radius 3 is 2.52 bits per heavy atom. The van der Waals surface area contributed by atoms with Crippen LogP contribution in [0.5, 0.6) is 0 Å². The summed E-state index contributed by atoms with van der Waals surface area (Å²) in [6.45, 7) is 3.19. The Morgan fingerprint density at radius 2 is 1.76 bits per heavy atom. The fourth-order valence-electron chi connectivity index (χ4n) is 3.68. The van der Waals surface area contributed by atoms with Crippen LogP contribution in [0, 0.1) is 13.8 Å². The van der Waals surface area contributed by atoms with Crippen molar-refractivity contribution in [3.05, 3.63) is 90.6 Å². The van der Waals surface area contributed by atoms with Crippen LogP contribution in [0.2, 0.25) is 0 Å². The van der Waals surface area contributed by atoms with Crippen molar-refractivity contribution in [2.24, 2.45) is 0 Å². The molecule has 3 heterocycles. The highest BCUT2D eigenvalue weighted by atomic mass is 32.1. The van der Waals surface area contributed by atoms with Gasteiger partial charge in [0, 0.05) is 11.3 Å². The van der Waals surface area contributed by atoms with Gasteiger partial charge in [0.15, 0.2) is 0 Å². The molecule has 2 amide bonds. The summed E-state index contributed by atoms with van der Waals surface area (Å²) in [4.78, 5) is 56.4. The molecule has 164 valence electrons. The predicted molar refractivity (Wildman–Crippen MR) is 124 cm³/mol. The molecule has 0 spiro atoms. The molecule has 0 fully saturated rings. The maximum Gasteiger partial charge on any atom is 0.295 e. The standard InChI is InChI=1S/C23H17N5O4S/c1-12-7-9-14(10-8-12)24-17(29)11-27-16-6-4-3-5-15(16)18(21(27)31)19-22(32)28-23(33-19)25-20(30)13(2)26-28/h3-10H,11H2,1-2H3,(H,24,29). The number of aromatic nitrogens is 3. The Balaban J connectivity index is 1.59. The van der Waals surface area contributed by atoms with Crippen LogP contribution in [0.4, 0.5) is 11.4 Å². The molecule has 1 N–H and O–H groups in total. The number of para-hydroxylation sites is 1. The van der Waals surface area contributed by atoms with E-state index in [1.54, 1.807) is 36.4 Å². The molecule has 0 aliphatic carbocycles. The highest BCUT2D eigenvalue weighted by Gasteiger charge is 2.35. The van der Waals surface area contributed by atoms with E-state index in [1.165, 1.54) is 11.8 Å². The minimum Gasteiger partial charge on any atom is -0.325 e. The zero-order chi connectivity index (χ0) is 23.3. The molecule has 4 aromatic rings. The summed E-state index contributed by atoms with van der Waals surface area (Å²) in [5.41, 5.74) is 1.95. The SMILES string of the molecule is Cc1ccc(NC(=O)CN2C(=O)C(=c3sc4nc(=O)c(C)nn4c3=O)c3ccccc32)cc1. The number of nitrogens with zero attached hydrogens (tertiary/aromatic N) is 4. The van der Waals surface area contributed by atoms with Gasteiger partial charge in [0.25, 0.3) is 17.0 Å². The predicted octanol–water partition coefficient (Wildman–Crippen LogP) is 1.03. The van der Waals surface area contributed by atoms with Crippen molar-refractivity contribution >= 4 is 45.1 Å². The quantitative estimate of drug-likeness (QED) is 0.490. The van der Waals surface area contributed by atoms with Crippen molar-refractivity contribution in [3.63, 3.8) is 0 Å². The van der Waals surface area contributed by atoms with E-state index in [9.17, 15) is 19.2 Å². The fourth-order valence-corrected chi connectivity index (χ4v) is 4.67. The fraction of sp³-hybridized carbons (Fsp3) is 0.130. The molecule has 0 saturated carbocycles. The summed E-state index contributed by atoms with van der Waals surface area (Å²) < 4.78 is 1.16. The Hall–Kier alpha value is -4.18. The first-order chi connectivity index (χ1) is 15.8. The van der Waals surface area contributed by atoms with Crippen LogP contribution in [0.15, 0.2) is 58.1 Å². The van der Waals surface area contributed by atoms with Crippen LogP contribution < -0.4 is 25.9 Å². The number of hydrogen-bond acceptors (Lipinski definition) is 7. The summed E-state index contributed by atoms with van der Waals surface area (Å²) in [7, 11) is 0. The summed E-state index contributed by atoms with van der Waals surface area (Å²) in [6, 6.07) is 14.3. The van der Waals surface area contributed by atoms with Gasteiger partial charge >= 0.3 is 0 Å². The van der Waals surface area contributed by atoms with Crippen LogP contribution in [-0.4, -0.2) is 33.0 Å². The number of thiazole rings is 1. The smallest absolute Gasteiger partial charge is 0.295 e. The van der Waals surface area contributed by atoms with E-state index < -0.39 is 17.0 Å². The van der Waals surface area contributed by atoms with Crippen LogP contribution in [0.3, 0.4) is 0 Å². The van der Waals surface area contributed by atoms with Crippen molar-refractivity contribution in [1.82, 2.24) is 14.6 Å². The molecule has 0 atom stereocenters. The van der Waals surface area contributed by atoms with Gasteiger partial charge in [-0.15, -0.1) is 0 Å².